The van der Waals surface area contributed by atoms with Crippen LogP contribution in [0.4, 0.5) is 0 Å². The fraction of sp³-hybridized carbons (Fsp3) is 0.681. The fourth-order valence-electron chi connectivity index (χ4n) is 11.7. The molecule has 0 amide bonds. The average molecular weight is 1460 g/mol. The number of likely N-dealkylation sites (N-methyl/N-ethyl adjacent to an activating group) is 1. The number of rotatable bonds is 78. The highest BCUT2D eigenvalue weighted by Gasteiger charge is 2.22. The Kier molecular flexibility index (Phi) is 78.8. The van der Waals surface area contributed by atoms with Gasteiger partial charge in [-0.3, -0.25) is 14.2 Å². The molecule has 0 N–H and O–H groups in total. The summed E-state index contributed by atoms with van der Waals surface area (Å²) in [4.78, 5) is 38.2. The van der Waals surface area contributed by atoms with Crippen LogP contribution in [0, 0.1) is 0 Å². The first-order chi connectivity index (χ1) is 51.0. The maximum Gasteiger partial charge on any atom is 0.306 e. The summed E-state index contributed by atoms with van der Waals surface area (Å²) in [5.41, 5.74) is 0. The van der Waals surface area contributed by atoms with Gasteiger partial charge in [0, 0.05) is 12.8 Å². The molecule has 0 aliphatic carbocycles. The molecule has 0 heterocycles. The summed E-state index contributed by atoms with van der Waals surface area (Å²) in [5, 5.41) is 0. The smallest absolute Gasteiger partial charge is 0.306 e. The van der Waals surface area contributed by atoms with Crippen LogP contribution >= 0.6 is 7.82 Å². The Labute approximate surface area is 642 Å². The molecular formula is C94H160NO8P. The molecule has 0 spiro atoms. The quantitative estimate of drug-likeness (QED) is 0.0195. The Hall–Kier alpha value is -4.63. The van der Waals surface area contributed by atoms with E-state index in [0.29, 0.717) is 17.4 Å². The van der Waals surface area contributed by atoms with E-state index in [0.717, 1.165) is 128 Å². The summed E-state index contributed by atoms with van der Waals surface area (Å²) in [6, 6.07) is 0. The predicted molar refractivity (Wildman–Crippen MR) is 452 cm³/mol. The predicted octanol–water partition coefficient (Wildman–Crippen LogP) is 28.5. The van der Waals surface area contributed by atoms with Crippen molar-refractivity contribution in [1.82, 2.24) is 0 Å². The fourth-order valence-corrected chi connectivity index (χ4v) is 12.5. The highest BCUT2D eigenvalue weighted by atomic mass is 31.2. The van der Waals surface area contributed by atoms with Crippen molar-refractivity contribution in [3.05, 3.63) is 170 Å². The lowest BCUT2D eigenvalue weighted by Crippen LogP contribution is -2.37. The van der Waals surface area contributed by atoms with Crippen molar-refractivity contribution in [2.45, 2.75) is 367 Å². The van der Waals surface area contributed by atoms with Gasteiger partial charge in [0.05, 0.1) is 27.7 Å². The van der Waals surface area contributed by atoms with E-state index in [1.165, 1.54) is 199 Å². The lowest BCUT2D eigenvalue weighted by molar-refractivity contribution is -0.870. The van der Waals surface area contributed by atoms with Crippen LogP contribution < -0.4 is 4.89 Å². The van der Waals surface area contributed by atoms with Crippen LogP contribution in [0.2, 0.25) is 0 Å². The third-order valence-electron chi connectivity index (χ3n) is 18.2. The van der Waals surface area contributed by atoms with Crippen LogP contribution in [0.15, 0.2) is 170 Å². The van der Waals surface area contributed by atoms with Gasteiger partial charge in [0.25, 0.3) is 7.82 Å². The topological polar surface area (TPSA) is 111 Å². The van der Waals surface area contributed by atoms with Gasteiger partial charge >= 0.3 is 11.9 Å². The molecule has 0 aliphatic heterocycles. The third kappa shape index (κ3) is 86.3. The van der Waals surface area contributed by atoms with Crippen molar-refractivity contribution in [3.8, 4) is 0 Å². The zero-order valence-electron chi connectivity index (χ0n) is 67.9. The minimum Gasteiger partial charge on any atom is -0.756 e. The third-order valence-corrected chi connectivity index (χ3v) is 19.2. The van der Waals surface area contributed by atoms with E-state index in [4.69, 9.17) is 18.5 Å². The second-order valence-electron chi connectivity index (χ2n) is 29.5. The van der Waals surface area contributed by atoms with Crippen molar-refractivity contribution in [2.24, 2.45) is 0 Å². The summed E-state index contributed by atoms with van der Waals surface area (Å²) in [5.74, 6) is -0.860. The minimum absolute atomic E-state index is 0.0428. The molecule has 0 aromatic rings. The molecular weight excluding hydrogens is 1300 g/mol. The first kappa shape index (κ1) is 99.4. The molecule has 0 saturated carbocycles. The lowest BCUT2D eigenvalue weighted by Gasteiger charge is -2.28. The number of carbonyl (C=O) groups excluding carboxylic acids is 2. The number of quaternary nitrogens is 1. The molecule has 0 radical (unpaired) electrons. The molecule has 2 unspecified atom stereocenters. The van der Waals surface area contributed by atoms with E-state index in [-0.39, 0.29) is 32.0 Å². The molecule has 0 saturated heterocycles. The number of hydrogen-bond acceptors (Lipinski definition) is 8. The van der Waals surface area contributed by atoms with Crippen LogP contribution in [0.3, 0.4) is 0 Å². The maximum atomic E-state index is 12.9. The Morgan fingerprint density at radius 2 is 0.548 bits per heavy atom. The van der Waals surface area contributed by atoms with Crippen LogP contribution in [0.1, 0.15) is 361 Å². The Bertz CT molecular complexity index is 2370. The number of esters is 2. The van der Waals surface area contributed by atoms with Crippen molar-refractivity contribution >= 4 is 19.8 Å². The Morgan fingerprint density at radius 3 is 0.817 bits per heavy atom. The van der Waals surface area contributed by atoms with E-state index in [9.17, 15) is 19.0 Å². The van der Waals surface area contributed by atoms with Gasteiger partial charge in [-0.05, 0) is 135 Å². The van der Waals surface area contributed by atoms with Gasteiger partial charge in [0.2, 0.25) is 0 Å². The van der Waals surface area contributed by atoms with Crippen LogP contribution in [0.5, 0.6) is 0 Å². The van der Waals surface area contributed by atoms with Gasteiger partial charge in [-0.2, -0.15) is 0 Å². The van der Waals surface area contributed by atoms with Crippen molar-refractivity contribution in [3.63, 3.8) is 0 Å². The highest BCUT2D eigenvalue weighted by Crippen LogP contribution is 2.38. The first-order valence-electron chi connectivity index (χ1n) is 42.8. The van der Waals surface area contributed by atoms with E-state index < -0.39 is 26.5 Å². The molecule has 0 aromatic heterocycles. The average Bonchev–Trinajstić information content (AvgIpc) is 0.920. The molecule has 104 heavy (non-hydrogen) atoms. The van der Waals surface area contributed by atoms with E-state index in [1.807, 2.05) is 21.1 Å². The molecule has 10 heteroatoms. The number of carbonyl (C=O) groups is 2. The monoisotopic (exact) mass is 1460 g/mol. The lowest BCUT2D eigenvalue weighted by atomic mass is 10.0. The Balaban J connectivity index is 4.03. The largest absolute Gasteiger partial charge is 0.756 e. The zero-order chi connectivity index (χ0) is 75.4. The van der Waals surface area contributed by atoms with Crippen molar-refractivity contribution in [2.75, 3.05) is 47.5 Å². The molecule has 9 nitrogen and oxygen atoms in total. The number of hydrogen-bond donors (Lipinski definition) is 0. The Morgan fingerprint density at radius 1 is 0.308 bits per heavy atom. The standard InChI is InChI=1S/C94H160NO8P/c1-6-8-10-12-14-16-18-20-22-24-26-28-30-32-34-36-38-40-42-44-46-47-49-51-53-55-57-59-61-63-65-67-69-71-73-75-77-79-81-83-85-87-94(97)103-92(91-102-104(98,99)101-89-88-95(3,4)5)90-100-93(96)86-84-82-80-78-76-74-72-70-68-66-64-62-60-58-56-54-52-50-48-45-43-41-39-37-35-33-31-29-27-25-23-21-19-17-15-13-11-9-7-2/h8,10,14,16,19-22,25-28,32,34,38,40,44,46,49,51,55,57,61,63,67,69,73,75,92H,6-7,9,11-13,15,17-18,23-24,29-31,33,35-37,39,41-43,45,47-48,50,52-54,56,58-60,62,64-66,68,70-72,74,76-91H2,1-5H3/b10-8-,16-14-,21-19-,22-20-,27-25-,28-26-,34-32-,40-38-,46-44-,51-49-,57-55-,63-61-,69-67-,75-73-. The van der Waals surface area contributed by atoms with E-state index >= 15 is 0 Å². The summed E-state index contributed by atoms with van der Waals surface area (Å²) in [6.45, 7) is 4.11. The number of phosphoric acid groups is 1. The van der Waals surface area contributed by atoms with Crippen LogP contribution in [0.25, 0.3) is 0 Å². The first-order valence-corrected chi connectivity index (χ1v) is 44.3. The van der Waals surface area contributed by atoms with Gasteiger partial charge in [0.1, 0.15) is 19.8 Å². The normalized spacial score (nSPS) is 13.9. The van der Waals surface area contributed by atoms with Crippen molar-refractivity contribution in [1.29, 1.82) is 0 Å². The number of allylic oxidation sites excluding steroid dienone is 28. The second kappa shape index (κ2) is 82.4. The molecule has 0 bridgehead atoms. The van der Waals surface area contributed by atoms with Gasteiger partial charge in [-0.15, -0.1) is 0 Å². The summed E-state index contributed by atoms with van der Waals surface area (Å²) in [6.07, 6.45) is 125. The van der Waals surface area contributed by atoms with Crippen molar-refractivity contribution < 1.29 is 42.1 Å². The molecule has 0 aromatic carbocycles. The van der Waals surface area contributed by atoms with Gasteiger partial charge < -0.3 is 27.9 Å². The number of phosphoric ester groups is 1. The molecule has 0 aliphatic rings. The number of nitrogens with zero attached hydrogens (tertiary/aromatic N) is 1. The SMILES string of the molecule is CC/C=C\C/C=C\C/C=C\C/C=C\C/C=C\C/C=C\C/C=C\C/C=C\C/C=C\C/C=C\C/C=C\C/C=C\CCCCCCC(=O)OC(COC(=O)CCCCCCCCCCCCCCCCCCCCCCCCCCCCC/C=C\C/C=C\CCCCCCC)COP(=O)([O-])OCC[N+](C)(C)C. The van der Waals surface area contributed by atoms with E-state index in [2.05, 4.69) is 184 Å². The summed E-state index contributed by atoms with van der Waals surface area (Å²) in [7, 11) is 1.14. The summed E-state index contributed by atoms with van der Waals surface area (Å²) < 4.78 is 34.4. The zero-order valence-corrected chi connectivity index (χ0v) is 68.8. The molecule has 0 fully saturated rings. The molecule has 2 atom stereocenters. The molecule has 594 valence electrons. The number of unbranched alkanes of at least 4 members (excludes halogenated alkanes) is 36. The van der Waals surface area contributed by atoms with Gasteiger partial charge in [0.15, 0.2) is 6.10 Å². The van der Waals surface area contributed by atoms with Gasteiger partial charge in [-0.25, -0.2) is 0 Å². The molecule has 0 rings (SSSR count). The highest BCUT2D eigenvalue weighted by molar-refractivity contribution is 7.45. The van der Waals surface area contributed by atoms with Crippen LogP contribution in [-0.2, 0) is 32.7 Å². The summed E-state index contributed by atoms with van der Waals surface area (Å²) >= 11 is 0. The van der Waals surface area contributed by atoms with Crippen LogP contribution in [-0.4, -0.2) is 70.0 Å². The minimum atomic E-state index is -4.67. The maximum absolute atomic E-state index is 12.9. The second-order valence-corrected chi connectivity index (χ2v) is 30.9. The van der Waals surface area contributed by atoms with E-state index in [1.54, 1.807) is 0 Å². The van der Waals surface area contributed by atoms with Gasteiger partial charge in [-0.1, -0.05) is 383 Å². The number of ether oxygens (including phenoxy) is 2.